The third-order valence-electron chi connectivity index (χ3n) is 3.37. The summed E-state index contributed by atoms with van der Waals surface area (Å²) in [5.74, 6) is 0.228. The van der Waals surface area contributed by atoms with Gasteiger partial charge in [0.15, 0.2) is 0 Å². The van der Waals surface area contributed by atoms with Crippen molar-refractivity contribution in [2.45, 2.75) is 26.7 Å². The number of nitrogens with one attached hydrogen (secondary N) is 2. The van der Waals surface area contributed by atoms with Gasteiger partial charge in [0.25, 0.3) is 0 Å². The summed E-state index contributed by atoms with van der Waals surface area (Å²) in [6, 6.07) is 4.01. The normalized spacial score (nSPS) is 19.6. The summed E-state index contributed by atoms with van der Waals surface area (Å²) < 4.78 is 1.11. The van der Waals surface area contributed by atoms with Crippen molar-refractivity contribution >= 4 is 27.5 Å². The molecule has 1 fully saturated rings. The molecule has 2 rings (SSSR count). The van der Waals surface area contributed by atoms with Crippen molar-refractivity contribution in [1.82, 2.24) is 5.32 Å². The maximum absolute atomic E-state index is 12.1. The first-order valence-corrected chi connectivity index (χ1v) is 7.15. The zero-order valence-electron chi connectivity index (χ0n) is 10.8. The Bertz CT molecular complexity index is 430. The predicted molar refractivity (Wildman–Crippen MR) is 77.8 cm³/mol. The molecule has 3 nitrogen and oxygen atoms in total. The van der Waals surface area contributed by atoms with Gasteiger partial charge in [0, 0.05) is 16.7 Å². The number of rotatable bonds is 2. The first kappa shape index (κ1) is 13.6. The van der Waals surface area contributed by atoms with Gasteiger partial charge in [-0.25, -0.2) is 0 Å². The first-order valence-electron chi connectivity index (χ1n) is 6.36. The van der Waals surface area contributed by atoms with Crippen molar-refractivity contribution in [2.75, 3.05) is 18.4 Å². The van der Waals surface area contributed by atoms with E-state index in [0.29, 0.717) is 0 Å². The molecule has 4 heteroatoms. The third kappa shape index (κ3) is 3.12. The van der Waals surface area contributed by atoms with Gasteiger partial charge in [0.1, 0.15) is 0 Å². The van der Waals surface area contributed by atoms with Crippen molar-refractivity contribution in [1.29, 1.82) is 0 Å². The van der Waals surface area contributed by atoms with Crippen LogP contribution in [-0.2, 0) is 4.79 Å². The lowest BCUT2D eigenvalue weighted by Gasteiger charge is -2.22. The minimum absolute atomic E-state index is 0.100. The fourth-order valence-corrected chi connectivity index (χ4v) is 2.57. The molecule has 2 N–H and O–H groups in total. The Morgan fingerprint density at radius 3 is 2.61 bits per heavy atom. The van der Waals surface area contributed by atoms with Crippen LogP contribution in [-0.4, -0.2) is 19.0 Å². The highest BCUT2D eigenvalue weighted by atomic mass is 79.9. The van der Waals surface area contributed by atoms with E-state index in [-0.39, 0.29) is 11.8 Å². The maximum atomic E-state index is 12.1. The molecule has 1 amide bonds. The number of piperidine rings is 1. The molecule has 0 aromatic heterocycles. The Labute approximate surface area is 116 Å². The van der Waals surface area contributed by atoms with Gasteiger partial charge >= 0.3 is 0 Å². The van der Waals surface area contributed by atoms with Crippen LogP contribution in [0, 0.1) is 19.8 Å². The van der Waals surface area contributed by atoms with Crippen molar-refractivity contribution < 1.29 is 4.79 Å². The summed E-state index contributed by atoms with van der Waals surface area (Å²) in [4.78, 5) is 12.1. The summed E-state index contributed by atoms with van der Waals surface area (Å²) in [5.41, 5.74) is 3.18. The number of hydrogen-bond acceptors (Lipinski definition) is 2. The number of benzene rings is 1. The van der Waals surface area contributed by atoms with Crippen LogP contribution in [0.5, 0.6) is 0 Å². The standard InChI is InChI=1S/C14H19BrN2O/c1-9-6-12(7-10(2)13(9)15)17-14(18)11-4-3-5-16-8-11/h6-7,11,16H,3-5,8H2,1-2H3,(H,17,18)/t11-/m0/s1. The first-order chi connectivity index (χ1) is 8.58. The maximum Gasteiger partial charge on any atom is 0.228 e. The molecule has 0 unspecified atom stereocenters. The fourth-order valence-electron chi connectivity index (χ4n) is 2.34. The van der Waals surface area contributed by atoms with Gasteiger partial charge in [-0.3, -0.25) is 4.79 Å². The van der Waals surface area contributed by atoms with E-state index < -0.39 is 0 Å². The SMILES string of the molecule is Cc1cc(NC(=O)[C@H]2CCCNC2)cc(C)c1Br. The van der Waals surface area contributed by atoms with Crippen molar-refractivity contribution in [2.24, 2.45) is 5.92 Å². The molecule has 1 aromatic carbocycles. The zero-order chi connectivity index (χ0) is 13.1. The van der Waals surface area contributed by atoms with Crippen molar-refractivity contribution in [3.05, 3.63) is 27.7 Å². The van der Waals surface area contributed by atoms with Gasteiger partial charge in [0.2, 0.25) is 5.91 Å². The smallest absolute Gasteiger partial charge is 0.228 e. The predicted octanol–water partition coefficient (Wildman–Crippen LogP) is 3.00. The second-order valence-electron chi connectivity index (χ2n) is 4.96. The Morgan fingerprint density at radius 2 is 2.06 bits per heavy atom. The molecule has 1 heterocycles. The van der Waals surface area contributed by atoms with Crippen LogP contribution in [0.3, 0.4) is 0 Å². The summed E-state index contributed by atoms with van der Waals surface area (Å²) in [7, 11) is 0. The van der Waals surface area contributed by atoms with Gasteiger partial charge in [-0.2, -0.15) is 0 Å². The van der Waals surface area contributed by atoms with E-state index in [0.717, 1.165) is 47.2 Å². The largest absolute Gasteiger partial charge is 0.326 e. The monoisotopic (exact) mass is 310 g/mol. The molecule has 18 heavy (non-hydrogen) atoms. The van der Waals surface area contributed by atoms with Crippen LogP contribution in [0.2, 0.25) is 0 Å². The van der Waals surface area contributed by atoms with E-state index in [1.165, 1.54) is 0 Å². The van der Waals surface area contributed by atoms with E-state index in [1.807, 2.05) is 26.0 Å². The highest BCUT2D eigenvalue weighted by Gasteiger charge is 2.21. The van der Waals surface area contributed by atoms with Crippen LogP contribution in [0.1, 0.15) is 24.0 Å². The quantitative estimate of drug-likeness (QED) is 0.881. The van der Waals surface area contributed by atoms with E-state index in [2.05, 4.69) is 26.6 Å². The lowest BCUT2D eigenvalue weighted by Crippen LogP contribution is -2.37. The molecule has 1 saturated heterocycles. The van der Waals surface area contributed by atoms with Gasteiger partial charge in [-0.15, -0.1) is 0 Å². The van der Waals surface area contributed by atoms with Gasteiger partial charge in [-0.05, 0) is 56.5 Å². The number of amides is 1. The molecule has 0 saturated carbocycles. The summed E-state index contributed by atoms with van der Waals surface area (Å²) in [6.45, 7) is 5.89. The van der Waals surface area contributed by atoms with Crippen molar-refractivity contribution in [3.8, 4) is 0 Å². The lowest BCUT2D eigenvalue weighted by atomic mass is 9.98. The molecule has 0 bridgehead atoms. The molecule has 1 atom stereocenters. The summed E-state index contributed by atoms with van der Waals surface area (Å²) >= 11 is 3.53. The molecule has 1 aromatic rings. The highest BCUT2D eigenvalue weighted by molar-refractivity contribution is 9.10. The average molecular weight is 311 g/mol. The number of carbonyl (C=O) groups excluding carboxylic acids is 1. The molecule has 0 radical (unpaired) electrons. The average Bonchev–Trinajstić information content (AvgIpc) is 2.37. The van der Waals surface area contributed by atoms with E-state index in [9.17, 15) is 4.79 Å². The van der Waals surface area contributed by atoms with Gasteiger partial charge < -0.3 is 10.6 Å². The number of carbonyl (C=O) groups is 1. The van der Waals surface area contributed by atoms with E-state index >= 15 is 0 Å². The number of hydrogen-bond donors (Lipinski definition) is 2. The number of halogens is 1. The van der Waals surface area contributed by atoms with Crippen LogP contribution < -0.4 is 10.6 Å². The Balaban J connectivity index is 2.06. The Hall–Kier alpha value is -0.870. The minimum Gasteiger partial charge on any atom is -0.326 e. The Kier molecular flexibility index (Phi) is 4.40. The molecule has 1 aliphatic rings. The molecular weight excluding hydrogens is 292 g/mol. The fraction of sp³-hybridized carbons (Fsp3) is 0.500. The molecule has 0 spiro atoms. The van der Waals surface area contributed by atoms with Crippen molar-refractivity contribution in [3.63, 3.8) is 0 Å². The zero-order valence-corrected chi connectivity index (χ0v) is 12.4. The van der Waals surface area contributed by atoms with Crippen LogP contribution in [0.15, 0.2) is 16.6 Å². The molecule has 1 aliphatic heterocycles. The highest BCUT2D eigenvalue weighted by Crippen LogP contribution is 2.25. The lowest BCUT2D eigenvalue weighted by molar-refractivity contribution is -0.120. The summed E-state index contributed by atoms with van der Waals surface area (Å²) in [6.07, 6.45) is 2.06. The van der Waals surface area contributed by atoms with Gasteiger partial charge in [0.05, 0.1) is 5.92 Å². The van der Waals surface area contributed by atoms with E-state index in [4.69, 9.17) is 0 Å². The summed E-state index contributed by atoms with van der Waals surface area (Å²) in [5, 5.41) is 6.29. The minimum atomic E-state index is 0.100. The Morgan fingerprint density at radius 1 is 1.39 bits per heavy atom. The topological polar surface area (TPSA) is 41.1 Å². The second-order valence-corrected chi connectivity index (χ2v) is 5.75. The van der Waals surface area contributed by atoms with Crippen LogP contribution in [0.4, 0.5) is 5.69 Å². The molecule has 98 valence electrons. The molecular formula is C14H19BrN2O. The van der Waals surface area contributed by atoms with Gasteiger partial charge in [-0.1, -0.05) is 15.9 Å². The van der Waals surface area contributed by atoms with E-state index in [1.54, 1.807) is 0 Å². The third-order valence-corrected chi connectivity index (χ3v) is 4.62. The van der Waals surface area contributed by atoms with Crippen LogP contribution in [0.25, 0.3) is 0 Å². The van der Waals surface area contributed by atoms with Crippen LogP contribution >= 0.6 is 15.9 Å². The number of aryl methyl sites for hydroxylation is 2. The second kappa shape index (κ2) is 5.85. The molecule has 0 aliphatic carbocycles. The number of anilines is 1.